The summed E-state index contributed by atoms with van der Waals surface area (Å²) < 4.78 is 37.4. The second-order valence-electron chi connectivity index (χ2n) is 2.60. The molecule has 0 heterocycles. The van der Waals surface area contributed by atoms with Crippen molar-refractivity contribution < 1.29 is 18.1 Å². The molecule has 0 aliphatic rings. The number of nitrogens with zero attached hydrogens (tertiary/aromatic N) is 1. The van der Waals surface area contributed by atoms with Crippen LogP contribution in [0.15, 0.2) is 18.2 Å². The smallest absolute Gasteiger partial charge is 0.323 e. The zero-order chi connectivity index (χ0) is 11.6. The lowest BCUT2D eigenvalue weighted by atomic mass is 10.1. The van der Waals surface area contributed by atoms with E-state index in [1.807, 2.05) is 0 Å². The topological polar surface area (TPSA) is 81.2 Å². The minimum Gasteiger partial charge on any atom is -0.323 e. The number of hydrogen-bond acceptors (Lipinski definition) is 4. The number of hydrogen-bond donors (Lipinski definition) is 2. The Morgan fingerprint density at radius 3 is 2.40 bits per heavy atom. The van der Waals surface area contributed by atoms with Crippen LogP contribution in [0.5, 0.6) is 0 Å². The van der Waals surface area contributed by atoms with Gasteiger partial charge in [0.05, 0.1) is 10.6 Å². The van der Waals surface area contributed by atoms with E-state index < -0.39 is 28.0 Å². The Morgan fingerprint density at radius 1 is 1.40 bits per heavy atom. The minimum absolute atomic E-state index is 0.531. The summed E-state index contributed by atoms with van der Waals surface area (Å²) in [6.45, 7) is 0. The number of hydrazine groups is 1. The molecule has 0 fully saturated rings. The van der Waals surface area contributed by atoms with Gasteiger partial charge in [-0.25, -0.2) is 0 Å². The monoisotopic (exact) mass is 221 g/mol. The maximum atomic E-state index is 12.5. The summed E-state index contributed by atoms with van der Waals surface area (Å²) in [5, 5.41) is 10.4. The number of alkyl halides is 3. The van der Waals surface area contributed by atoms with Gasteiger partial charge in [0, 0.05) is 6.07 Å². The fourth-order valence-corrected chi connectivity index (χ4v) is 1.11. The molecule has 0 radical (unpaired) electrons. The highest BCUT2D eigenvalue weighted by molar-refractivity contribution is 5.61. The van der Waals surface area contributed by atoms with Crippen molar-refractivity contribution in [2.45, 2.75) is 6.18 Å². The highest BCUT2D eigenvalue weighted by Crippen LogP contribution is 2.40. The Balaban J connectivity index is 3.47. The third-order valence-electron chi connectivity index (χ3n) is 1.68. The highest BCUT2D eigenvalue weighted by atomic mass is 19.4. The van der Waals surface area contributed by atoms with Crippen LogP contribution in [0.25, 0.3) is 0 Å². The lowest BCUT2D eigenvalue weighted by Gasteiger charge is -2.11. The lowest BCUT2D eigenvalue weighted by Crippen LogP contribution is -2.16. The zero-order valence-electron chi connectivity index (χ0n) is 7.21. The van der Waals surface area contributed by atoms with Crippen LogP contribution in [0.1, 0.15) is 5.56 Å². The Kier molecular flexibility index (Phi) is 2.80. The van der Waals surface area contributed by atoms with Crippen LogP contribution in [0.2, 0.25) is 0 Å². The van der Waals surface area contributed by atoms with Gasteiger partial charge < -0.3 is 5.43 Å². The largest absolute Gasteiger partial charge is 0.425 e. The minimum atomic E-state index is -4.83. The SMILES string of the molecule is NNc1cccc([N+](=O)[O-])c1C(F)(F)F. The molecule has 0 saturated carbocycles. The zero-order valence-corrected chi connectivity index (χ0v) is 7.21. The number of nitrogens with one attached hydrogen (secondary N) is 1. The van der Waals surface area contributed by atoms with E-state index >= 15 is 0 Å². The van der Waals surface area contributed by atoms with Crippen molar-refractivity contribution in [3.63, 3.8) is 0 Å². The first kappa shape index (κ1) is 11.2. The second-order valence-corrected chi connectivity index (χ2v) is 2.60. The van der Waals surface area contributed by atoms with Crippen molar-refractivity contribution in [3.8, 4) is 0 Å². The van der Waals surface area contributed by atoms with Gasteiger partial charge in [0.1, 0.15) is 0 Å². The van der Waals surface area contributed by atoms with Gasteiger partial charge in [0.25, 0.3) is 5.69 Å². The first-order chi connectivity index (χ1) is 6.88. The maximum absolute atomic E-state index is 12.5. The van der Waals surface area contributed by atoms with Crippen molar-refractivity contribution in [2.75, 3.05) is 5.43 Å². The third-order valence-corrected chi connectivity index (χ3v) is 1.68. The molecule has 3 N–H and O–H groups in total. The molecule has 1 aromatic carbocycles. The van der Waals surface area contributed by atoms with Gasteiger partial charge in [-0.05, 0) is 6.07 Å². The van der Waals surface area contributed by atoms with Gasteiger partial charge in [0.2, 0.25) is 0 Å². The summed E-state index contributed by atoms with van der Waals surface area (Å²) in [5.74, 6) is 4.84. The van der Waals surface area contributed by atoms with Crippen LogP contribution in [0.4, 0.5) is 24.5 Å². The van der Waals surface area contributed by atoms with E-state index in [2.05, 4.69) is 0 Å². The van der Waals surface area contributed by atoms with Crippen LogP contribution in [-0.4, -0.2) is 4.92 Å². The van der Waals surface area contributed by atoms with Crippen LogP contribution in [0.3, 0.4) is 0 Å². The second kappa shape index (κ2) is 3.73. The Bertz CT molecular complexity index is 392. The summed E-state index contributed by atoms with van der Waals surface area (Å²) in [6, 6.07) is 2.89. The molecule has 0 aliphatic heterocycles. The molecule has 1 aromatic rings. The molecule has 0 aromatic heterocycles. The van der Waals surface area contributed by atoms with Gasteiger partial charge in [-0.2, -0.15) is 13.2 Å². The van der Waals surface area contributed by atoms with E-state index in [-0.39, 0.29) is 0 Å². The number of nitro groups is 1. The van der Waals surface area contributed by atoms with E-state index in [0.717, 1.165) is 18.2 Å². The molecule has 0 amide bonds. The van der Waals surface area contributed by atoms with E-state index in [0.29, 0.717) is 0 Å². The first-order valence-electron chi connectivity index (χ1n) is 3.69. The van der Waals surface area contributed by atoms with Crippen LogP contribution in [-0.2, 0) is 6.18 Å². The summed E-state index contributed by atoms with van der Waals surface area (Å²) in [4.78, 5) is 9.27. The number of anilines is 1. The standard InChI is InChI=1S/C7H6F3N3O2/c8-7(9,10)6-4(12-11)2-1-3-5(6)13(14)15/h1-3,12H,11H2. The van der Waals surface area contributed by atoms with E-state index in [9.17, 15) is 23.3 Å². The Morgan fingerprint density at radius 2 is 2.00 bits per heavy atom. The van der Waals surface area contributed by atoms with Gasteiger partial charge in [-0.15, -0.1) is 0 Å². The molecule has 8 heteroatoms. The Labute approximate surface area is 81.8 Å². The predicted octanol–water partition coefficient (Wildman–Crippen LogP) is 1.90. The number of nitrogens with two attached hydrogens (primary N) is 1. The summed E-state index contributed by atoms with van der Waals surface area (Å²) in [6.07, 6.45) is -4.83. The lowest BCUT2D eigenvalue weighted by molar-refractivity contribution is -0.388. The molecule has 82 valence electrons. The molecule has 15 heavy (non-hydrogen) atoms. The fraction of sp³-hybridized carbons (Fsp3) is 0.143. The molecule has 0 atom stereocenters. The molecular formula is C7H6F3N3O2. The summed E-state index contributed by atoms with van der Waals surface area (Å²) in [7, 11) is 0. The van der Waals surface area contributed by atoms with Gasteiger partial charge in [-0.3, -0.25) is 16.0 Å². The quantitative estimate of drug-likeness (QED) is 0.454. The third kappa shape index (κ3) is 2.15. The van der Waals surface area contributed by atoms with Crippen molar-refractivity contribution in [1.29, 1.82) is 0 Å². The number of benzene rings is 1. The van der Waals surface area contributed by atoms with Crippen molar-refractivity contribution >= 4 is 11.4 Å². The molecule has 0 saturated heterocycles. The molecule has 0 unspecified atom stereocenters. The molecule has 0 aliphatic carbocycles. The van der Waals surface area contributed by atoms with Crippen LogP contribution < -0.4 is 11.3 Å². The number of halogens is 3. The van der Waals surface area contributed by atoms with Crippen LogP contribution in [0, 0.1) is 10.1 Å². The van der Waals surface area contributed by atoms with Gasteiger partial charge in [-0.1, -0.05) is 6.07 Å². The molecule has 5 nitrogen and oxygen atoms in total. The molecule has 0 bridgehead atoms. The number of nitrogen functional groups attached to an aromatic ring is 1. The van der Waals surface area contributed by atoms with E-state index in [4.69, 9.17) is 5.84 Å². The van der Waals surface area contributed by atoms with Crippen molar-refractivity contribution in [1.82, 2.24) is 0 Å². The summed E-state index contributed by atoms with van der Waals surface area (Å²) in [5.41, 5.74) is -1.16. The normalized spacial score (nSPS) is 11.2. The van der Waals surface area contributed by atoms with Crippen molar-refractivity contribution in [2.24, 2.45) is 5.84 Å². The van der Waals surface area contributed by atoms with Crippen LogP contribution >= 0.6 is 0 Å². The first-order valence-corrected chi connectivity index (χ1v) is 3.69. The Hall–Kier alpha value is -1.83. The average molecular weight is 221 g/mol. The maximum Gasteiger partial charge on any atom is 0.425 e. The van der Waals surface area contributed by atoms with Crippen molar-refractivity contribution in [3.05, 3.63) is 33.9 Å². The molecule has 1 rings (SSSR count). The van der Waals surface area contributed by atoms with Gasteiger partial charge in [0.15, 0.2) is 5.56 Å². The van der Waals surface area contributed by atoms with E-state index in [1.54, 1.807) is 5.43 Å². The molecule has 0 spiro atoms. The van der Waals surface area contributed by atoms with Gasteiger partial charge >= 0.3 is 6.18 Å². The summed E-state index contributed by atoms with van der Waals surface area (Å²) >= 11 is 0. The fourth-order valence-electron chi connectivity index (χ4n) is 1.11. The molecular weight excluding hydrogens is 215 g/mol. The number of rotatable bonds is 2. The van der Waals surface area contributed by atoms with E-state index in [1.165, 1.54) is 0 Å². The predicted molar refractivity (Wildman–Crippen MR) is 45.9 cm³/mol. The average Bonchev–Trinajstić information content (AvgIpc) is 2.15. The number of nitro benzene ring substituents is 1. The highest BCUT2D eigenvalue weighted by Gasteiger charge is 2.40.